The fourth-order valence-corrected chi connectivity index (χ4v) is 3.75. The predicted molar refractivity (Wildman–Crippen MR) is 121 cm³/mol. The van der Waals surface area contributed by atoms with Crippen molar-refractivity contribution in [1.82, 2.24) is 10.2 Å². The van der Waals surface area contributed by atoms with Crippen LogP contribution < -0.4 is 5.32 Å². The molecule has 29 heavy (non-hydrogen) atoms. The van der Waals surface area contributed by atoms with Gasteiger partial charge in [0.1, 0.15) is 6.04 Å². The van der Waals surface area contributed by atoms with E-state index in [-0.39, 0.29) is 17.9 Å². The summed E-state index contributed by atoms with van der Waals surface area (Å²) < 4.78 is 0. The number of carbonyl (C=O) groups is 2. The lowest BCUT2D eigenvalue weighted by molar-refractivity contribution is -0.140. The average molecular weight is 413 g/mol. The summed E-state index contributed by atoms with van der Waals surface area (Å²) in [5, 5.41) is 2.92. The Morgan fingerprint density at radius 2 is 1.48 bits per heavy atom. The second-order valence-corrected chi connectivity index (χ2v) is 8.93. The van der Waals surface area contributed by atoms with Gasteiger partial charge in [-0.15, -0.1) is 11.8 Å². The first-order valence-electron chi connectivity index (χ1n) is 10.1. The van der Waals surface area contributed by atoms with Crippen LogP contribution in [0.1, 0.15) is 43.9 Å². The lowest BCUT2D eigenvalue weighted by Gasteiger charge is -2.29. The van der Waals surface area contributed by atoms with E-state index >= 15 is 0 Å². The summed E-state index contributed by atoms with van der Waals surface area (Å²) in [5.41, 5.74) is 3.42. The largest absolute Gasteiger partial charge is 0.352 e. The first kappa shape index (κ1) is 23.0. The second-order valence-electron chi connectivity index (χ2n) is 7.76. The highest BCUT2D eigenvalue weighted by Gasteiger charge is 2.26. The molecule has 2 rings (SSSR count). The molecule has 0 heterocycles. The summed E-state index contributed by atoms with van der Waals surface area (Å²) in [7, 11) is 0. The van der Waals surface area contributed by atoms with E-state index < -0.39 is 6.04 Å². The maximum absolute atomic E-state index is 13.0. The lowest BCUT2D eigenvalue weighted by Crippen LogP contribution is -2.49. The summed E-state index contributed by atoms with van der Waals surface area (Å²) in [4.78, 5) is 28.4. The highest BCUT2D eigenvalue weighted by atomic mass is 32.2. The van der Waals surface area contributed by atoms with Crippen molar-refractivity contribution in [2.75, 3.05) is 5.75 Å². The van der Waals surface area contributed by atoms with Crippen LogP contribution in [0, 0.1) is 13.8 Å². The molecular formula is C24H32N2O2S. The molecule has 2 aromatic rings. The second kappa shape index (κ2) is 11.1. The summed E-state index contributed by atoms with van der Waals surface area (Å²) in [6, 6.07) is 15.9. The Balaban J connectivity index is 2.05. The zero-order valence-electron chi connectivity index (χ0n) is 18.1. The number of benzene rings is 2. The van der Waals surface area contributed by atoms with E-state index in [0.717, 1.165) is 10.5 Å². The molecule has 1 atom stereocenters. The molecular weight excluding hydrogens is 380 g/mol. The van der Waals surface area contributed by atoms with Gasteiger partial charge in [-0.05, 0) is 52.3 Å². The van der Waals surface area contributed by atoms with Gasteiger partial charge >= 0.3 is 0 Å². The first-order valence-corrected chi connectivity index (χ1v) is 11.1. The minimum absolute atomic E-state index is 0.00315. The summed E-state index contributed by atoms with van der Waals surface area (Å²) in [6.07, 6.45) is 0.393. The third-order valence-electron chi connectivity index (χ3n) is 4.68. The molecule has 5 heteroatoms. The Labute approximate surface area is 179 Å². The topological polar surface area (TPSA) is 49.4 Å². The molecule has 2 amide bonds. The number of amides is 2. The van der Waals surface area contributed by atoms with Gasteiger partial charge in [0.15, 0.2) is 0 Å². The van der Waals surface area contributed by atoms with Crippen LogP contribution in [0.25, 0.3) is 0 Å². The molecule has 1 unspecified atom stereocenters. The number of aryl methyl sites for hydroxylation is 2. The molecule has 0 aliphatic carbocycles. The van der Waals surface area contributed by atoms with Crippen LogP contribution in [0.3, 0.4) is 0 Å². The molecule has 0 aromatic heterocycles. The van der Waals surface area contributed by atoms with E-state index in [9.17, 15) is 9.59 Å². The van der Waals surface area contributed by atoms with Gasteiger partial charge in [-0.3, -0.25) is 9.59 Å². The van der Waals surface area contributed by atoms with Gasteiger partial charge in [0, 0.05) is 29.7 Å². The number of nitrogens with one attached hydrogen (secondary N) is 1. The van der Waals surface area contributed by atoms with Crippen LogP contribution in [0.5, 0.6) is 0 Å². The van der Waals surface area contributed by atoms with Gasteiger partial charge < -0.3 is 10.2 Å². The van der Waals surface area contributed by atoms with Gasteiger partial charge in [0.05, 0.1) is 0 Å². The van der Waals surface area contributed by atoms with Gasteiger partial charge in [-0.25, -0.2) is 0 Å². The van der Waals surface area contributed by atoms with E-state index in [0.29, 0.717) is 18.7 Å². The van der Waals surface area contributed by atoms with Gasteiger partial charge in [0.2, 0.25) is 11.8 Å². The Bertz CT molecular complexity index is 801. The van der Waals surface area contributed by atoms with E-state index in [1.54, 1.807) is 23.6 Å². The number of nitrogens with zero attached hydrogens (tertiary/aromatic N) is 1. The number of rotatable bonds is 9. The molecule has 0 saturated carbocycles. The normalized spacial score (nSPS) is 11.9. The monoisotopic (exact) mass is 412 g/mol. The van der Waals surface area contributed by atoms with Crippen molar-refractivity contribution in [3.8, 4) is 0 Å². The third-order valence-corrected chi connectivity index (χ3v) is 5.69. The first-order chi connectivity index (χ1) is 13.8. The minimum Gasteiger partial charge on any atom is -0.352 e. The number of hydrogen-bond donors (Lipinski definition) is 1. The molecule has 0 bridgehead atoms. The van der Waals surface area contributed by atoms with Gasteiger partial charge in [0.25, 0.3) is 0 Å². The van der Waals surface area contributed by atoms with Crippen LogP contribution in [0.15, 0.2) is 53.4 Å². The number of thioether (sulfide) groups is 1. The highest BCUT2D eigenvalue weighted by Crippen LogP contribution is 2.20. The predicted octanol–water partition coefficient (Wildman–Crippen LogP) is 4.73. The molecule has 0 radical (unpaired) electrons. The average Bonchev–Trinajstić information content (AvgIpc) is 2.68. The SMILES string of the molecule is Cc1ccc(CN(C(=O)CCSc2ccc(C)cc2)C(C)C(=O)NC(C)C)cc1. The Hall–Kier alpha value is -2.27. The van der Waals surface area contributed by atoms with E-state index in [1.807, 2.05) is 45.0 Å². The maximum Gasteiger partial charge on any atom is 0.242 e. The van der Waals surface area contributed by atoms with Crippen LogP contribution in [0.4, 0.5) is 0 Å². The van der Waals surface area contributed by atoms with Crippen molar-refractivity contribution in [3.05, 3.63) is 65.2 Å². The molecule has 0 fully saturated rings. The molecule has 1 N–H and O–H groups in total. The van der Waals surface area contributed by atoms with Crippen molar-refractivity contribution in [1.29, 1.82) is 0 Å². The van der Waals surface area contributed by atoms with Crippen LogP contribution >= 0.6 is 11.8 Å². The van der Waals surface area contributed by atoms with Crippen molar-refractivity contribution < 1.29 is 9.59 Å². The quantitative estimate of drug-likeness (QED) is 0.606. The molecule has 0 aliphatic rings. The van der Waals surface area contributed by atoms with Crippen molar-refractivity contribution >= 4 is 23.6 Å². The third kappa shape index (κ3) is 7.58. The fraction of sp³-hybridized carbons (Fsp3) is 0.417. The molecule has 2 aromatic carbocycles. The molecule has 156 valence electrons. The van der Waals surface area contributed by atoms with Crippen LogP contribution in [-0.2, 0) is 16.1 Å². The summed E-state index contributed by atoms with van der Waals surface area (Å²) >= 11 is 1.67. The minimum atomic E-state index is -0.518. The van der Waals surface area contributed by atoms with Crippen molar-refractivity contribution in [2.45, 2.75) is 64.6 Å². The molecule has 0 spiro atoms. The van der Waals surface area contributed by atoms with Crippen LogP contribution in [0.2, 0.25) is 0 Å². The van der Waals surface area contributed by atoms with Crippen molar-refractivity contribution in [3.63, 3.8) is 0 Å². The van der Waals surface area contributed by atoms with Crippen LogP contribution in [-0.4, -0.2) is 34.6 Å². The summed E-state index contributed by atoms with van der Waals surface area (Å²) in [6.45, 7) is 10.2. The van der Waals surface area contributed by atoms with Gasteiger partial charge in [-0.2, -0.15) is 0 Å². The standard InChI is InChI=1S/C24H32N2O2S/c1-17(2)25-24(28)20(5)26(16-21-10-6-18(3)7-11-21)23(27)14-15-29-22-12-8-19(4)9-13-22/h6-13,17,20H,14-16H2,1-5H3,(H,25,28). The molecule has 4 nitrogen and oxygen atoms in total. The van der Waals surface area contributed by atoms with E-state index in [2.05, 4.69) is 36.5 Å². The zero-order valence-corrected chi connectivity index (χ0v) is 18.9. The van der Waals surface area contributed by atoms with Crippen molar-refractivity contribution in [2.24, 2.45) is 0 Å². The van der Waals surface area contributed by atoms with E-state index in [1.165, 1.54) is 11.1 Å². The molecule has 0 saturated heterocycles. The van der Waals surface area contributed by atoms with E-state index in [4.69, 9.17) is 0 Å². The number of hydrogen-bond acceptors (Lipinski definition) is 3. The Morgan fingerprint density at radius 1 is 0.931 bits per heavy atom. The number of carbonyl (C=O) groups excluding carboxylic acids is 2. The lowest BCUT2D eigenvalue weighted by atomic mass is 10.1. The maximum atomic E-state index is 13.0. The molecule has 0 aliphatic heterocycles. The summed E-state index contributed by atoms with van der Waals surface area (Å²) in [5.74, 6) is 0.563. The smallest absolute Gasteiger partial charge is 0.242 e. The Morgan fingerprint density at radius 3 is 2.03 bits per heavy atom. The fourth-order valence-electron chi connectivity index (χ4n) is 2.91. The van der Waals surface area contributed by atoms with Gasteiger partial charge in [-0.1, -0.05) is 47.5 Å². The Kier molecular flexibility index (Phi) is 8.77. The zero-order chi connectivity index (χ0) is 21.4. The highest BCUT2D eigenvalue weighted by molar-refractivity contribution is 7.99.